The number of aliphatic hydroxyl groups is 1. The molecule has 0 radical (unpaired) electrons. The predicted octanol–water partition coefficient (Wildman–Crippen LogP) is 5.79. The fraction of sp³-hybridized carbons (Fsp3) is 0.192. The van der Waals surface area contributed by atoms with Crippen LogP contribution in [0.5, 0.6) is 0 Å². The van der Waals surface area contributed by atoms with E-state index in [1.54, 1.807) is 42.5 Å². The molecule has 1 N–H and O–H groups in total. The summed E-state index contributed by atoms with van der Waals surface area (Å²) >= 11 is 5.99. The molecule has 170 valence electrons. The maximum Gasteiger partial charge on any atom is 0.290 e. The highest BCUT2D eigenvalue weighted by Crippen LogP contribution is 2.43. The second kappa shape index (κ2) is 9.04. The molecule has 4 rings (SSSR count). The SMILES string of the molecule is CC(C)c1ccc(C2C(S(=O)(=O)c3ccccc3)=C(O)C(=O)N2Cc2ccc(Cl)cc2)cc1. The topological polar surface area (TPSA) is 74.7 Å². The van der Waals surface area contributed by atoms with Crippen molar-refractivity contribution in [2.45, 2.75) is 37.2 Å². The number of hydrogen-bond acceptors (Lipinski definition) is 4. The molecule has 0 saturated heterocycles. The summed E-state index contributed by atoms with van der Waals surface area (Å²) in [5.74, 6) is -1.17. The predicted molar refractivity (Wildman–Crippen MR) is 129 cm³/mol. The van der Waals surface area contributed by atoms with Crippen molar-refractivity contribution in [2.75, 3.05) is 0 Å². The lowest BCUT2D eigenvalue weighted by Crippen LogP contribution is -2.30. The molecule has 3 aromatic carbocycles. The van der Waals surface area contributed by atoms with E-state index in [1.807, 2.05) is 24.3 Å². The number of nitrogens with zero attached hydrogens (tertiary/aromatic N) is 1. The van der Waals surface area contributed by atoms with E-state index in [0.717, 1.165) is 11.1 Å². The molecule has 1 aliphatic heterocycles. The van der Waals surface area contributed by atoms with Gasteiger partial charge < -0.3 is 10.0 Å². The summed E-state index contributed by atoms with van der Waals surface area (Å²) in [6.07, 6.45) is 0. The summed E-state index contributed by atoms with van der Waals surface area (Å²) < 4.78 is 27.2. The lowest BCUT2D eigenvalue weighted by molar-refractivity contribution is -0.130. The first-order valence-corrected chi connectivity index (χ1v) is 12.4. The van der Waals surface area contributed by atoms with Crippen molar-refractivity contribution >= 4 is 27.3 Å². The average Bonchev–Trinajstić information content (AvgIpc) is 3.06. The maximum atomic E-state index is 13.6. The Kier molecular flexibility index (Phi) is 6.32. The monoisotopic (exact) mass is 481 g/mol. The molecule has 7 heteroatoms. The van der Waals surface area contributed by atoms with E-state index in [0.29, 0.717) is 16.5 Å². The Labute approximate surface area is 198 Å². The number of hydrogen-bond donors (Lipinski definition) is 1. The Balaban J connectivity index is 1.84. The van der Waals surface area contributed by atoms with Crippen LogP contribution in [0.3, 0.4) is 0 Å². The van der Waals surface area contributed by atoms with E-state index in [-0.39, 0.29) is 16.3 Å². The van der Waals surface area contributed by atoms with Crippen molar-refractivity contribution < 1.29 is 18.3 Å². The maximum absolute atomic E-state index is 13.6. The molecule has 3 aromatic rings. The summed E-state index contributed by atoms with van der Waals surface area (Å²) in [6, 6.07) is 21.3. The molecule has 5 nitrogen and oxygen atoms in total. The van der Waals surface area contributed by atoms with E-state index in [9.17, 15) is 18.3 Å². The Morgan fingerprint density at radius 1 is 0.939 bits per heavy atom. The highest BCUT2D eigenvalue weighted by molar-refractivity contribution is 7.95. The van der Waals surface area contributed by atoms with Gasteiger partial charge in [-0.15, -0.1) is 0 Å². The molecule has 0 aliphatic carbocycles. The third-order valence-corrected chi connectivity index (χ3v) is 7.93. The van der Waals surface area contributed by atoms with E-state index in [2.05, 4.69) is 13.8 Å². The number of aliphatic hydroxyl groups excluding tert-OH is 1. The van der Waals surface area contributed by atoms with Gasteiger partial charge in [-0.25, -0.2) is 8.42 Å². The first-order chi connectivity index (χ1) is 15.7. The summed E-state index contributed by atoms with van der Waals surface area (Å²) in [7, 11) is -4.13. The largest absolute Gasteiger partial charge is 0.502 e. The van der Waals surface area contributed by atoms with Crippen molar-refractivity contribution in [1.29, 1.82) is 0 Å². The van der Waals surface area contributed by atoms with Crippen LogP contribution in [0.25, 0.3) is 0 Å². The van der Waals surface area contributed by atoms with Crippen LogP contribution in [0, 0.1) is 0 Å². The highest BCUT2D eigenvalue weighted by atomic mass is 35.5. The number of carbonyl (C=O) groups is 1. The first-order valence-electron chi connectivity index (χ1n) is 10.6. The fourth-order valence-corrected chi connectivity index (χ4v) is 5.77. The minimum Gasteiger partial charge on any atom is -0.502 e. The third-order valence-electron chi connectivity index (χ3n) is 5.78. The van der Waals surface area contributed by atoms with Crippen molar-refractivity contribution in [2.24, 2.45) is 0 Å². The van der Waals surface area contributed by atoms with Crippen LogP contribution in [0.15, 0.2) is 94.4 Å². The zero-order valence-electron chi connectivity index (χ0n) is 18.3. The minimum absolute atomic E-state index is 0.0245. The van der Waals surface area contributed by atoms with E-state index >= 15 is 0 Å². The van der Waals surface area contributed by atoms with Crippen LogP contribution in [0.2, 0.25) is 5.02 Å². The van der Waals surface area contributed by atoms with Gasteiger partial charge in [0.2, 0.25) is 9.84 Å². The Hall–Kier alpha value is -3.09. The second-order valence-electron chi connectivity index (χ2n) is 8.31. The zero-order valence-corrected chi connectivity index (χ0v) is 19.8. The molecule has 1 atom stereocenters. The zero-order chi connectivity index (χ0) is 23.8. The summed E-state index contributed by atoms with van der Waals surface area (Å²) in [4.78, 5) is 14.3. The Morgan fingerprint density at radius 3 is 2.12 bits per heavy atom. The van der Waals surface area contributed by atoms with Gasteiger partial charge in [0.25, 0.3) is 5.91 Å². The van der Waals surface area contributed by atoms with Crippen LogP contribution in [0.1, 0.15) is 42.5 Å². The van der Waals surface area contributed by atoms with Gasteiger partial charge in [0.05, 0.1) is 10.9 Å². The fourth-order valence-electron chi connectivity index (χ4n) is 3.97. The Bertz CT molecular complexity index is 1300. The van der Waals surface area contributed by atoms with Gasteiger partial charge in [0.1, 0.15) is 4.91 Å². The van der Waals surface area contributed by atoms with Gasteiger partial charge in [0.15, 0.2) is 5.76 Å². The molecular formula is C26H24ClNO4S. The summed E-state index contributed by atoms with van der Waals surface area (Å²) in [6.45, 7) is 4.25. The van der Waals surface area contributed by atoms with Crippen LogP contribution >= 0.6 is 11.6 Å². The molecule has 0 aromatic heterocycles. The molecule has 1 heterocycles. The minimum atomic E-state index is -4.13. The van der Waals surface area contributed by atoms with E-state index in [4.69, 9.17) is 11.6 Å². The van der Waals surface area contributed by atoms with Gasteiger partial charge >= 0.3 is 0 Å². The Morgan fingerprint density at radius 2 is 1.55 bits per heavy atom. The molecule has 1 unspecified atom stereocenters. The van der Waals surface area contributed by atoms with Gasteiger partial charge in [-0.2, -0.15) is 0 Å². The van der Waals surface area contributed by atoms with Crippen molar-refractivity contribution in [3.63, 3.8) is 0 Å². The molecule has 0 bridgehead atoms. The number of rotatable bonds is 6. The van der Waals surface area contributed by atoms with Crippen LogP contribution in [0.4, 0.5) is 0 Å². The van der Waals surface area contributed by atoms with E-state index < -0.39 is 27.5 Å². The molecule has 0 spiro atoms. The molecule has 0 fully saturated rings. The smallest absolute Gasteiger partial charge is 0.290 e. The van der Waals surface area contributed by atoms with E-state index in [1.165, 1.54) is 17.0 Å². The third kappa shape index (κ3) is 4.41. The molecule has 33 heavy (non-hydrogen) atoms. The van der Waals surface area contributed by atoms with Crippen LogP contribution < -0.4 is 0 Å². The van der Waals surface area contributed by atoms with Crippen LogP contribution in [-0.4, -0.2) is 24.3 Å². The van der Waals surface area contributed by atoms with Crippen molar-refractivity contribution in [3.05, 3.63) is 111 Å². The summed E-state index contributed by atoms with van der Waals surface area (Å²) in [5, 5.41) is 11.4. The normalized spacial score (nSPS) is 16.7. The number of carbonyl (C=O) groups excluding carboxylic acids is 1. The highest BCUT2D eigenvalue weighted by Gasteiger charge is 2.46. The molecule has 1 amide bonds. The average molecular weight is 482 g/mol. The molecule has 1 aliphatic rings. The van der Waals surface area contributed by atoms with Crippen molar-refractivity contribution in [1.82, 2.24) is 4.90 Å². The number of amides is 1. The lowest BCUT2D eigenvalue weighted by Gasteiger charge is -2.27. The lowest BCUT2D eigenvalue weighted by atomic mass is 9.98. The van der Waals surface area contributed by atoms with Gasteiger partial charge in [-0.1, -0.05) is 80.0 Å². The van der Waals surface area contributed by atoms with Gasteiger partial charge in [0, 0.05) is 11.6 Å². The summed E-state index contributed by atoms with van der Waals surface area (Å²) in [5.41, 5.74) is 2.47. The molecular weight excluding hydrogens is 458 g/mol. The number of benzene rings is 3. The standard InChI is InChI=1S/C26H24ClNO4S/c1-17(2)19-10-12-20(13-11-19)23-25(33(31,32)22-6-4-3-5-7-22)24(29)26(30)28(23)16-18-8-14-21(27)15-9-18/h3-15,17,23,29H,16H2,1-2H3. The molecule has 0 saturated carbocycles. The quantitative estimate of drug-likeness (QED) is 0.483. The van der Waals surface area contributed by atoms with Gasteiger partial charge in [-0.3, -0.25) is 4.79 Å². The van der Waals surface area contributed by atoms with Crippen molar-refractivity contribution in [3.8, 4) is 0 Å². The first kappa shape index (κ1) is 23.1. The second-order valence-corrected chi connectivity index (χ2v) is 10.7. The van der Waals surface area contributed by atoms with Crippen LogP contribution in [-0.2, 0) is 21.2 Å². The van der Waals surface area contributed by atoms with Gasteiger partial charge in [-0.05, 0) is 46.9 Å². The number of halogens is 1. The number of sulfone groups is 1.